The smallest absolute Gasteiger partial charge is 0.341 e. The Morgan fingerprint density at radius 3 is 2.36 bits per heavy atom. The molecule has 1 aliphatic carbocycles. The van der Waals surface area contributed by atoms with E-state index in [1.807, 2.05) is 0 Å². The predicted molar refractivity (Wildman–Crippen MR) is 119 cm³/mol. The fourth-order valence-corrected chi connectivity index (χ4v) is 4.71. The highest BCUT2D eigenvalue weighted by atomic mass is 19.1. The zero-order valence-corrected chi connectivity index (χ0v) is 17.5. The van der Waals surface area contributed by atoms with E-state index in [1.54, 1.807) is 12.1 Å². The molecule has 0 unspecified atom stereocenters. The van der Waals surface area contributed by atoms with Gasteiger partial charge in [0.15, 0.2) is 11.6 Å². The summed E-state index contributed by atoms with van der Waals surface area (Å²) in [5.41, 5.74) is 10.3. The molecule has 2 heterocycles. The summed E-state index contributed by atoms with van der Waals surface area (Å²) in [6.07, 6.45) is 2.48. The van der Waals surface area contributed by atoms with Crippen LogP contribution in [0.4, 0.5) is 20.2 Å². The number of anilines is 2. The summed E-state index contributed by atoms with van der Waals surface area (Å²) in [4.78, 5) is 25.8. The number of fused-ring (bicyclic) bond motifs is 1. The van der Waals surface area contributed by atoms with Gasteiger partial charge in [-0.15, -0.1) is 0 Å². The number of halogens is 2. The van der Waals surface area contributed by atoms with Crippen molar-refractivity contribution in [1.29, 1.82) is 0 Å². The minimum atomic E-state index is -1.48. The molecule has 2 atom stereocenters. The third-order valence-corrected chi connectivity index (χ3v) is 6.54. The van der Waals surface area contributed by atoms with E-state index in [4.69, 9.17) is 11.5 Å². The number of carbonyl (C=O) groups is 1. The van der Waals surface area contributed by atoms with Crippen LogP contribution in [0.1, 0.15) is 40.7 Å². The van der Waals surface area contributed by atoms with Crippen molar-refractivity contribution in [3.05, 3.63) is 63.4 Å². The molecule has 2 aliphatic rings. The second-order valence-electron chi connectivity index (χ2n) is 8.70. The van der Waals surface area contributed by atoms with E-state index in [2.05, 4.69) is 0 Å². The summed E-state index contributed by atoms with van der Waals surface area (Å²) in [6.45, 7) is 0.344. The minimum Gasteiger partial charge on any atom is -0.508 e. The molecule has 0 radical (unpaired) electrons. The third kappa shape index (κ3) is 3.29. The Labute approximate surface area is 186 Å². The largest absolute Gasteiger partial charge is 0.508 e. The first-order valence-electron chi connectivity index (χ1n) is 10.6. The van der Waals surface area contributed by atoms with E-state index in [1.165, 1.54) is 21.6 Å². The Hall–Kier alpha value is -3.66. The molecule has 1 saturated heterocycles. The molecule has 2 aromatic carbocycles. The van der Waals surface area contributed by atoms with E-state index < -0.39 is 45.7 Å². The maximum Gasteiger partial charge on any atom is 0.341 e. The Kier molecular flexibility index (Phi) is 4.78. The number of benzene rings is 2. The van der Waals surface area contributed by atoms with Gasteiger partial charge in [-0.25, -0.2) is 13.6 Å². The molecule has 0 amide bonds. The molecule has 1 aliphatic heterocycles. The van der Waals surface area contributed by atoms with Gasteiger partial charge in [0.05, 0.1) is 16.6 Å². The lowest BCUT2D eigenvalue weighted by Crippen LogP contribution is -2.30. The molecule has 3 aromatic rings. The zero-order chi connectivity index (χ0) is 23.6. The van der Waals surface area contributed by atoms with E-state index in [-0.39, 0.29) is 42.0 Å². The van der Waals surface area contributed by atoms with Gasteiger partial charge in [-0.2, -0.15) is 0 Å². The number of nitrogens with zero attached hydrogens (tertiary/aromatic N) is 2. The summed E-state index contributed by atoms with van der Waals surface area (Å²) in [5, 5.41) is 18.5. The Morgan fingerprint density at radius 1 is 1.09 bits per heavy atom. The van der Waals surface area contributed by atoms with Crippen LogP contribution in [0.5, 0.6) is 5.75 Å². The van der Waals surface area contributed by atoms with Crippen molar-refractivity contribution in [3.8, 4) is 5.75 Å². The van der Waals surface area contributed by atoms with E-state index in [0.29, 0.717) is 12.8 Å². The van der Waals surface area contributed by atoms with Gasteiger partial charge in [0, 0.05) is 37.3 Å². The monoisotopic (exact) mass is 456 g/mol. The molecule has 1 aromatic heterocycles. The molecule has 172 valence electrons. The SMILES string of the molecule is Nc1c(F)c(N2C[C@H](c3ccc(O)cc3)[C@@H](N)C2)c(F)c2c1c(=O)c(C(=O)O)cn2C1CC1. The summed E-state index contributed by atoms with van der Waals surface area (Å²) < 4.78 is 32.7. The molecule has 5 rings (SSSR count). The van der Waals surface area contributed by atoms with Crippen LogP contribution < -0.4 is 21.8 Å². The molecule has 6 N–H and O–H groups in total. The normalized spacial score (nSPS) is 20.5. The van der Waals surface area contributed by atoms with Gasteiger partial charge in [-0.1, -0.05) is 12.1 Å². The lowest BCUT2D eigenvalue weighted by Gasteiger charge is -2.23. The predicted octanol–water partition coefficient (Wildman–Crippen LogP) is 2.53. The first-order chi connectivity index (χ1) is 15.7. The van der Waals surface area contributed by atoms with Crippen LogP contribution in [-0.2, 0) is 0 Å². The number of carboxylic acids is 1. The molecular formula is C23H22F2N4O4. The molecule has 10 heteroatoms. The lowest BCUT2D eigenvalue weighted by atomic mass is 9.95. The van der Waals surface area contributed by atoms with Crippen LogP contribution in [0.15, 0.2) is 35.3 Å². The molecule has 33 heavy (non-hydrogen) atoms. The minimum absolute atomic E-state index is 0.0975. The van der Waals surface area contributed by atoms with Gasteiger partial charge in [-0.05, 0) is 30.5 Å². The number of aromatic carboxylic acids is 1. The first kappa shape index (κ1) is 21.2. The maximum atomic E-state index is 15.9. The number of hydrogen-bond donors (Lipinski definition) is 4. The van der Waals surface area contributed by atoms with Crippen molar-refractivity contribution in [2.75, 3.05) is 23.7 Å². The second kappa shape index (κ2) is 7.45. The lowest BCUT2D eigenvalue weighted by molar-refractivity contribution is 0.0694. The summed E-state index contributed by atoms with van der Waals surface area (Å²) in [7, 11) is 0. The summed E-state index contributed by atoms with van der Waals surface area (Å²) in [6, 6.07) is 5.84. The fourth-order valence-electron chi connectivity index (χ4n) is 4.71. The van der Waals surface area contributed by atoms with Crippen molar-refractivity contribution >= 4 is 28.2 Å². The summed E-state index contributed by atoms with van der Waals surface area (Å²) in [5.74, 6) is -3.71. The first-order valence-corrected chi connectivity index (χ1v) is 10.6. The van der Waals surface area contributed by atoms with Gasteiger partial charge in [0.2, 0.25) is 5.43 Å². The molecule has 0 spiro atoms. The van der Waals surface area contributed by atoms with Crippen molar-refractivity contribution < 1.29 is 23.8 Å². The maximum absolute atomic E-state index is 15.9. The van der Waals surface area contributed by atoms with Crippen LogP contribution in [-0.4, -0.2) is 39.9 Å². The number of nitrogen functional groups attached to an aromatic ring is 1. The van der Waals surface area contributed by atoms with Crippen molar-refractivity contribution in [2.24, 2.45) is 5.73 Å². The van der Waals surface area contributed by atoms with Gasteiger partial charge in [0.25, 0.3) is 0 Å². The van der Waals surface area contributed by atoms with Crippen LogP contribution in [0.25, 0.3) is 10.9 Å². The van der Waals surface area contributed by atoms with Crippen molar-refractivity contribution in [1.82, 2.24) is 4.57 Å². The topological polar surface area (TPSA) is 135 Å². The fraction of sp³-hybridized carbons (Fsp3) is 0.304. The highest BCUT2D eigenvalue weighted by Crippen LogP contribution is 2.43. The van der Waals surface area contributed by atoms with Crippen LogP contribution >= 0.6 is 0 Å². The van der Waals surface area contributed by atoms with Crippen LogP contribution in [0.2, 0.25) is 0 Å². The van der Waals surface area contributed by atoms with Gasteiger partial charge >= 0.3 is 5.97 Å². The average molecular weight is 456 g/mol. The number of carboxylic acid groups (broad SMARTS) is 1. The number of aromatic nitrogens is 1. The molecule has 0 bridgehead atoms. The number of nitrogens with two attached hydrogens (primary N) is 2. The molecule has 8 nitrogen and oxygen atoms in total. The Balaban J connectivity index is 1.68. The third-order valence-electron chi connectivity index (χ3n) is 6.54. The number of phenols is 1. The number of hydrogen-bond acceptors (Lipinski definition) is 6. The number of rotatable bonds is 4. The molecular weight excluding hydrogens is 434 g/mol. The quantitative estimate of drug-likeness (QED) is 0.443. The van der Waals surface area contributed by atoms with Crippen LogP contribution in [0, 0.1) is 11.6 Å². The van der Waals surface area contributed by atoms with Gasteiger partial charge in [-0.3, -0.25) is 4.79 Å². The average Bonchev–Trinajstić information content (AvgIpc) is 3.54. The Morgan fingerprint density at radius 2 is 1.76 bits per heavy atom. The van der Waals surface area contributed by atoms with Crippen molar-refractivity contribution in [2.45, 2.75) is 30.8 Å². The van der Waals surface area contributed by atoms with Crippen molar-refractivity contribution in [3.63, 3.8) is 0 Å². The standard InChI is InChI=1S/C23H22F2N4O4/c24-17-19(27)16-20(29(11-3-4-11)8-14(22(16)31)23(32)33)18(25)21(17)28-7-13(15(26)9-28)10-1-5-12(30)6-2-10/h1-2,5-6,8,11,13,15,30H,3-4,7,9,26-27H2,(H,32,33)/t13-,15+/m1/s1. The number of phenolic OH excluding ortho intramolecular Hbond substituents is 1. The van der Waals surface area contributed by atoms with Gasteiger partial charge < -0.3 is 31.1 Å². The highest BCUT2D eigenvalue weighted by molar-refractivity contribution is 5.99. The van der Waals surface area contributed by atoms with E-state index in [9.17, 15) is 19.8 Å². The zero-order valence-electron chi connectivity index (χ0n) is 17.5. The highest BCUT2D eigenvalue weighted by Gasteiger charge is 2.37. The second-order valence-corrected chi connectivity index (χ2v) is 8.70. The number of pyridine rings is 1. The van der Waals surface area contributed by atoms with Crippen LogP contribution in [0.3, 0.4) is 0 Å². The Bertz CT molecular complexity index is 1350. The van der Waals surface area contributed by atoms with Gasteiger partial charge in [0.1, 0.15) is 17.0 Å². The number of aromatic hydroxyl groups is 1. The van der Waals surface area contributed by atoms with E-state index in [0.717, 1.165) is 11.8 Å². The molecule has 2 fully saturated rings. The molecule has 1 saturated carbocycles. The van der Waals surface area contributed by atoms with E-state index >= 15 is 8.78 Å². The summed E-state index contributed by atoms with van der Waals surface area (Å²) >= 11 is 0.